The summed E-state index contributed by atoms with van der Waals surface area (Å²) in [5.74, 6) is -2.89. The summed E-state index contributed by atoms with van der Waals surface area (Å²) in [6, 6.07) is 0. The van der Waals surface area contributed by atoms with E-state index in [1.54, 1.807) is 0 Å². The van der Waals surface area contributed by atoms with Crippen LogP contribution in [0.2, 0.25) is 0 Å². The van der Waals surface area contributed by atoms with Crippen molar-refractivity contribution in [3.8, 4) is 0 Å². The molecule has 0 aromatic carbocycles. The minimum Gasteiger partial charge on any atom is -0.481 e. The number of aliphatic hydroxyl groups is 2. The predicted molar refractivity (Wildman–Crippen MR) is 126 cm³/mol. The van der Waals surface area contributed by atoms with Crippen LogP contribution in [-0.2, 0) is 23.9 Å². The number of hydrogen-bond acceptors (Lipinski definition) is 7. The summed E-state index contributed by atoms with van der Waals surface area (Å²) in [4.78, 5) is 33.4. The van der Waals surface area contributed by atoms with Crippen LogP contribution in [0.1, 0.15) is 116 Å². The Balaban J connectivity index is 3.45. The van der Waals surface area contributed by atoms with Gasteiger partial charge in [-0.3, -0.25) is 9.59 Å². The van der Waals surface area contributed by atoms with Gasteiger partial charge in [0.15, 0.2) is 6.10 Å². The van der Waals surface area contributed by atoms with Gasteiger partial charge in [0.1, 0.15) is 19.3 Å². The van der Waals surface area contributed by atoms with E-state index in [9.17, 15) is 24.6 Å². The molecule has 0 heterocycles. The van der Waals surface area contributed by atoms with Gasteiger partial charge in [0.05, 0.1) is 6.42 Å². The van der Waals surface area contributed by atoms with Crippen LogP contribution in [0, 0.1) is 0 Å². The van der Waals surface area contributed by atoms with Gasteiger partial charge in [0, 0.05) is 6.42 Å². The summed E-state index contributed by atoms with van der Waals surface area (Å²) in [5, 5.41) is 27.4. The maximum Gasteiger partial charge on any atom is 0.335 e. The van der Waals surface area contributed by atoms with Gasteiger partial charge in [0.2, 0.25) is 0 Å². The monoisotopic (exact) mass is 474 g/mol. The topological polar surface area (TPSA) is 130 Å². The van der Waals surface area contributed by atoms with E-state index in [1.165, 1.54) is 77.0 Å². The molecule has 0 radical (unpaired) electrons. The van der Waals surface area contributed by atoms with Gasteiger partial charge in [0.25, 0.3) is 0 Å². The molecule has 0 rings (SSSR count). The van der Waals surface area contributed by atoms with E-state index >= 15 is 0 Å². The highest BCUT2D eigenvalue weighted by Gasteiger charge is 2.21. The second kappa shape index (κ2) is 22.1. The molecule has 194 valence electrons. The van der Waals surface area contributed by atoms with Gasteiger partial charge in [-0.1, -0.05) is 96.8 Å². The molecule has 0 aliphatic rings. The highest BCUT2D eigenvalue weighted by Crippen LogP contribution is 2.13. The van der Waals surface area contributed by atoms with Crippen molar-refractivity contribution >= 4 is 17.9 Å². The lowest BCUT2D eigenvalue weighted by atomic mass is 10.0. The first kappa shape index (κ1) is 31.3. The quantitative estimate of drug-likeness (QED) is 0.145. The lowest BCUT2D eigenvalue weighted by molar-refractivity contribution is -0.162. The molecule has 0 aromatic heterocycles. The number of unbranched alkanes of at least 4 members (excludes halogenated alkanes) is 14. The van der Waals surface area contributed by atoms with Crippen molar-refractivity contribution in [2.45, 2.75) is 128 Å². The summed E-state index contributed by atoms with van der Waals surface area (Å²) in [6.07, 6.45) is 15.2. The van der Waals surface area contributed by atoms with Gasteiger partial charge < -0.3 is 24.8 Å². The number of carboxylic acid groups (broad SMARTS) is 1. The molecular weight excluding hydrogens is 428 g/mol. The van der Waals surface area contributed by atoms with E-state index in [4.69, 9.17) is 9.84 Å². The molecule has 33 heavy (non-hydrogen) atoms. The molecular formula is C25H46O8. The van der Waals surface area contributed by atoms with Crippen LogP contribution in [0.25, 0.3) is 0 Å². The Labute approximate surface area is 199 Å². The Kier molecular flexibility index (Phi) is 21.0. The molecule has 0 aliphatic carbocycles. The van der Waals surface area contributed by atoms with Crippen LogP contribution in [0.15, 0.2) is 0 Å². The van der Waals surface area contributed by atoms with Crippen molar-refractivity contribution < 1.29 is 39.2 Å². The van der Waals surface area contributed by atoms with Crippen LogP contribution in [0.4, 0.5) is 0 Å². The Morgan fingerprint density at radius 2 is 1.09 bits per heavy atom. The van der Waals surface area contributed by atoms with Crippen LogP contribution in [0.3, 0.4) is 0 Å². The fourth-order valence-electron chi connectivity index (χ4n) is 3.47. The third-order valence-electron chi connectivity index (χ3n) is 5.48. The first-order chi connectivity index (χ1) is 15.9. The van der Waals surface area contributed by atoms with E-state index in [0.717, 1.165) is 19.3 Å². The minimum atomic E-state index is -1.79. The number of carboxylic acids is 1. The first-order valence-corrected chi connectivity index (χ1v) is 12.8. The number of carbonyl (C=O) groups is 3. The molecule has 0 aliphatic heterocycles. The van der Waals surface area contributed by atoms with E-state index in [0.29, 0.717) is 0 Å². The Morgan fingerprint density at radius 1 is 0.667 bits per heavy atom. The number of ether oxygens (including phenoxy) is 2. The van der Waals surface area contributed by atoms with E-state index in [2.05, 4.69) is 11.7 Å². The Bertz CT molecular complexity index is 509. The number of rotatable bonds is 23. The largest absolute Gasteiger partial charge is 0.481 e. The van der Waals surface area contributed by atoms with Gasteiger partial charge in [-0.2, -0.15) is 0 Å². The number of hydrogen-bond donors (Lipinski definition) is 3. The maximum absolute atomic E-state index is 11.7. The number of esters is 2. The molecule has 3 N–H and O–H groups in total. The molecule has 0 saturated carbocycles. The lowest BCUT2D eigenvalue weighted by Crippen LogP contribution is -2.31. The molecule has 0 spiro atoms. The summed E-state index contributed by atoms with van der Waals surface area (Å²) in [6.45, 7) is 1.44. The van der Waals surface area contributed by atoms with E-state index in [-0.39, 0.29) is 13.0 Å². The zero-order valence-electron chi connectivity index (χ0n) is 20.5. The van der Waals surface area contributed by atoms with Crippen molar-refractivity contribution in [3.63, 3.8) is 0 Å². The summed E-state index contributed by atoms with van der Waals surface area (Å²) < 4.78 is 9.54. The minimum absolute atomic E-state index is 0.280. The van der Waals surface area contributed by atoms with Crippen molar-refractivity contribution in [3.05, 3.63) is 0 Å². The molecule has 0 saturated heterocycles. The maximum atomic E-state index is 11.7. The van der Waals surface area contributed by atoms with Crippen molar-refractivity contribution in [1.82, 2.24) is 0 Å². The second-order valence-electron chi connectivity index (χ2n) is 8.78. The fraction of sp³-hybridized carbons (Fsp3) is 0.880. The second-order valence-corrected chi connectivity index (χ2v) is 8.78. The molecule has 8 heteroatoms. The average Bonchev–Trinajstić information content (AvgIpc) is 2.78. The smallest absolute Gasteiger partial charge is 0.335 e. The number of carbonyl (C=O) groups excluding carboxylic acids is 2. The Morgan fingerprint density at radius 3 is 1.55 bits per heavy atom. The molecule has 2 atom stereocenters. The summed E-state index contributed by atoms with van der Waals surface area (Å²) >= 11 is 0. The van der Waals surface area contributed by atoms with Crippen LogP contribution >= 0.6 is 0 Å². The molecule has 8 nitrogen and oxygen atoms in total. The van der Waals surface area contributed by atoms with Gasteiger partial charge in [-0.15, -0.1) is 0 Å². The lowest BCUT2D eigenvalue weighted by Gasteiger charge is -2.13. The van der Waals surface area contributed by atoms with Crippen molar-refractivity contribution in [2.75, 3.05) is 13.2 Å². The predicted octanol–water partition coefficient (Wildman–Crippen LogP) is 4.53. The van der Waals surface area contributed by atoms with Crippen LogP contribution < -0.4 is 0 Å². The normalized spacial score (nSPS) is 12.8. The molecule has 0 aromatic rings. The molecule has 0 fully saturated rings. The summed E-state index contributed by atoms with van der Waals surface area (Å²) in [5.41, 5.74) is 0. The van der Waals surface area contributed by atoms with Crippen LogP contribution in [-0.4, -0.2) is 58.6 Å². The van der Waals surface area contributed by atoms with E-state index < -0.39 is 43.1 Å². The van der Waals surface area contributed by atoms with Gasteiger partial charge >= 0.3 is 17.9 Å². The highest BCUT2D eigenvalue weighted by atomic mass is 16.6. The zero-order chi connectivity index (χ0) is 24.7. The fourth-order valence-corrected chi connectivity index (χ4v) is 3.47. The highest BCUT2D eigenvalue weighted by molar-refractivity contribution is 5.80. The van der Waals surface area contributed by atoms with Crippen LogP contribution in [0.5, 0.6) is 0 Å². The third kappa shape index (κ3) is 21.9. The molecule has 2 unspecified atom stereocenters. The van der Waals surface area contributed by atoms with Crippen molar-refractivity contribution in [2.24, 2.45) is 0 Å². The van der Waals surface area contributed by atoms with Gasteiger partial charge in [-0.05, 0) is 6.42 Å². The molecule has 0 bridgehead atoms. The third-order valence-corrected chi connectivity index (χ3v) is 5.48. The first-order valence-electron chi connectivity index (χ1n) is 12.8. The average molecular weight is 475 g/mol. The SMILES string of the molecule is CCCCCCCCCCCCCCCCCC(=O)OCC(O)COC(=O)C(O)CC(=O)O. The Hall–Kier alpha value is -1.67. The zero-order valence-corrected chi connectivity index (χ0v) is 20.5. The van der Waals surface area contributed by atoms with Gasteiger partial charge in [-0.25, -0.2) is 4.79 Å². The standard InChI is InChI=1S/C25H46O8/c1-2-3-4-5-6-7-8-9-10-11-12-13-14-15-16-17-24(30)32-19-21(26)20-33-25(31)22(27)18-23(28)29/h21-22,26-27H,2-20H2,1H3,(H,28,29). The number of aliphatic carboxylic acids is 1. The van der Waals surface area contributed by atoms with Crippen molar-refractivity contribution in [1.29, 1.82) is 0 Å². The number of aliphatic hydroxyl groups excluding tert-OH is 2. The van der Waals surface area contributed by atoms with E-state index in [1.807, 2.05) is 0 Å². The molecule has 0 amide bonds. The summed E-state index contributed by atoms with van der Waals surface area (Å²) in [7, 11) is 0.